The number of nitrogens with zero attached hydrogens (tertiary/aromatic N) is 3. The quantitative estimate of drug-likeness (QED) is 0.535. The minimum absolute atomic E-state index is 0.00516. The van der Waals surface area contributed by atoms with Crippen molar-refractivity contribution in [2.45, 2.75) is 38.2 Å². The first kappa shape index (κ1) is 21.7. The van der Waals surface area contributed by atoms with Gasteiger partial charge in [-0.05, 0) is 49.8 Å². The van der Waals surface area contributed by atoms with Crippen molar-refractivity contribution < 1.29 is 18.7 Å². The van der Waals surface area contributed by atoms with Crippen molar-refractivity contribution >= 4 is 33.6 Å². The van der Waals surface area contributed by atoms with Gasteiger partial charge in [0, 0.05) is 18.8 Å². The molecule has 1 aliphatic heterocycles. The molecule has 1 amide bonds. The van der Waals surface area contributed by atoms with Crippen LogP contribution in [0.2, 0.25) is 0 Å². The van der Waals surface area contributed by atoms with Crippen molar-refractivity contribution in [3.05, 3.63) is 53.0 Å². The Labute approximate surface area is 193 Å². The Morgan fingerprint density at radius 1 is 1.21 bits per heavy atom. The highest BCUT2D eigenvalue weighted by Gasteiger charge is 2.28. The fourth-order valence-electron chi connectivity index (χ4n) is 4.52. The van der Waals surface area contributed by atoms with Crippen LogP contribution in [0.3, 0.4) is 0 Å². The van der Waals surface area contributed by atoms with Crippen LogP contribution in [-0.2, 0) is 12.8 Å². The highest BCUT2D eigenvalue weighted by Crippen LogP contribution is 2.39. The van der Waals surface area contributed by atoms with E-state index in [2.05, 4.69) is 20.2 Å². The van der Waals surface area contributed by atoms with Crippen molar-refractivity contribution in [3.8, 4) is 10.6 Å². The third kappa shape index (κ3) is 4.04. The molecule has 0 atom stereocenters. The van der Waals surface area contributed by atoms with E-state index in [0.717, 1.165) is 59.7 Å². The third-order valence-electron chi connectivity index (χ3n) is 6.15. The normalized spacial score (nSPS) is 16.2. The first-order chi connectivity index (χ1) is 15.9. The van der Waals surface area contributed by atoms with E-state index in [9.17, 15) is 18.7 Å². The molecule has 0 bridgehead atoms. The first-order valence-corrected chi connectivity index (χ1v) is 11.7. The summed E-state index contributed by atoms with van der Waals surface area (Å²) in [6, 6.07) is 3.53. The molecule has 2 aromatic heterocycles. The number of halogens is 2. The zero-order valence-electron chi connectivity index (χ0n) is 17.8. The van der Waals surface area contributed by atoms with Gasteiger partial charge in [0.2, 0.25) is 0 Å². The number of aromatic nitrogens is 2. The number of nitrogens with two attached hydrogens (primary N) is 1. The summed E-state index contributed by atoms with van der Waals surface area (Å²) in [5.41, 5.74) is 9.24. The summed E-state index contributed by atoms with van der Waals surface area (Å²) in [6.07, 6.45) is 5.39. The van der Waals surface area contributed by atoms with E-state index < -0.39 is 17.5 Å². The molecule has 4 N–H and O–H groups in total. The Kier molecular flexibility index (Phi) is 5.71. The van der Waals surface area contributed by atoms with Gasteiger partial charge in [-0.15, -0.1) is 0 Å². The molecule has 10 heteroatoms. The molecule has 0 unspecified atom stereocenters. The number of nitrogens with one attached hydrogen (secondary N) is 1. The minimum atomic E-state index is -0.770. The summed E-state index contributed by atoms with van der Waals surface area (Å²) in [5.74, 6) is -2.11. The van der Waals surface area contributed by atoms with Crippen LogP contribution in [0.1, 0.15) is 41.0 Å². The lowest BCUT2D eigenvalue weighted by Gasteiger charge is -2.34. The molecule has 172 valence electrons. The van der Waals surface area contributed by atoms with Gasteiger partial charge < -0.3 is 21.1 Å². The summed E-state index contributed by atoms with van der Waals surface area (Å²) in [5, 5.41) is 12.9. The summed E-state index contributed by atoms with van der Waals surface area (Å²) >= 11 is 0.859. The highest BCUT2D eigenvalue weighted by molar-refractivity contribution is 7.19. The SMILES string of the molecule is Nc1sc(-c2c(F)cccc2F)nc1C(=O)Nc1cnc2c(c1N1CCC(O)CC1)CCC2. The fraction of sp³-hybridized carbons (Fsp3) is 0.348. The van der Waals surface area contributed by atoms with Gasteiger partial charge in [-0.3, -0.25) is 9.78 Å². The number of rotatable bonds is 4. The van der Waals surface area contributed by atoms with E-state index >= 15 is 0 Å². The molecule has 0 saturated carbocycles. The standard InChI is InChI=1S/C23H23F2N5O2S/c24-14-4-2-5-15(25)18(14)23-29-19(21(26)33-23)22(32)28-17-11-27-16-6-1-3-13(16)20(17)30-9-7-12(31)8-10-30/h2,4-5,11-12,31H,1,3,6-10,26H2,(H,28,32). The highest BCUT2D eigenvalue weighted by atomic mass is 32.1. The molecule has 5 rings (SSSR count). The number of piperidine rings is 1. The maximum absolute atomic E-state index is 14.2. The molecule has 33 heavy (non-hydrogen) atoms. The first-order valence-electron chi connectivity index (χ1n) is 10.9. The molecule has 0 radical (unpaired) electrons. The molecule has 1 fully saturated rings. The topological polar surface area (TPSA) is 104 Å². The van der Waals surface area contributed by atoms with Crippen molar-refractivity contribution in [1.29, 1.82) is 0 Å². The van der Waals surface area contributed by atoms with Crippen LogP contribution in [-0.4, -0.2) is 40.2 Å². The molecule has 3 aromatic rings. The summed E-state index contributed by atoms with van der Waals surface area (Å²) in [6.45, 7) is 1.35. The van der Waals surface area contributed by atoms with Gasteiger partial charge >= 0.3 is 0 Å². The van der Waals surface area contributed by atoms with Crippen LogP contribution >= 0.6 is 11.3 Å². The van der Waals surface area contributed by atoms with Crippen molar-refractivity contribution in [2.24, 2.45) is 0 Å². The average Bonchev–Trinajstić information content (AvgIpc) is 3.41. The monoisotopic (exact) mass is 471 g/mol. The maximum Gasteiger partial charge on any atom is 0.277 e. The number of benzene rings is 1. The molecular formula is C23H23F2N5O2S. The lowest BCUT2D eigenvalue weighted by atomic mass is 10.0. The average molecular weight is 472 g/mol. The molecule has 1 saturated heterocycles. The van der Waals surface area contributed by atoms with Crippen LogP contribution in [0.5, 0.6) is 0 Å². The second-order valence-corrected chi connectivity index (χ2v) is 9.33. The Hall–Kier alpha value is -3.11. The smallest absolute Gasteiger partial charge is 0.277 e. The number of aliphatic hydroxyl groups excluding tert-OH is 1. The number of aliphatic hydroxyl groups is 1. The Balaban J connectivity index is 1.47. The molecule has 0 spiro atoms. The van der Waals surface area contributed by atoms with Crippen LogP contribution in [0, 0.1) is 11.6 Å². The zero-order valence-corrected chi connectivity index (χ0v) is 18.6. The van der Waals surface area contributed by atoms with E-state index in [1.165, 1.54) is 6.07 Å². The van der Waals surface area contributed by atoms with Crippen molar-refractivity contribution in [2.75, 3.05) is 29.0 Å². The van der Waals surface area contributed by atoms with Gasteiger partial charge in [0.05, 0.1) is 29.2 Å². The van der Waals surface area contributed by atoms with E-state index in [4.69, 9.17) is 5.73 Å². The second-order valence-electron chi connectivity index (χ2n) is 8.30. The lowest BCUT2D eigenvalue weighted by molar-refractivity contribution is 0.102. The number of thiazole rings is 1. The van der Waals surface area contributed by atoms with E-state index in [1.54, 1.807) is 6.20 Å². The van der Waals surface area contributed by atoms with Gasteiger partial charge in [-0.25, -0.2) is 13.8 Å². The van der Waals surface area contributed by atoms with Crippen LogP contribution in [0.25, 0.3) is 10.6 Å². The molecule has 1 aromatic carbocycles. The number of anilines is 3. The zero-order chi connectivity index (χ0) is 23.1. The number of carbonyl (C=O) groups is 1. The lowest BCUT2D eigenvalue weighted by Crippen LogP contribution is -2.37. The molecule has 7 nitrogen and oxygen atoms in total. The summed E-state index contributed by atoms with van der Waals surface area (Å²) in [4.78, 5) is 24.0. The van der Waals surface area contributed by atoms with Crippen LogP contribution in [0.15, 0.2) is 24.4 Å². The Morgan fingerprint density at radius 2 is 1.94 bits per heavy atom. The number of pyridine rings is 1. The summed E-state index contributed by atoms with van der Waals surface area (Å²) in [7, 11) is 0. The largest absolute Gasteiger partial charge is 0.393 e. The second kappa shape index (κ2) is 8.68. The van der Waals surface area contributed by atoms with Gasteiger partial charge in [0.25, 0.3) is 5.91 Å². The van der Waals surface area contributed by atoms with Crippen LogP contribution < -0.4 is 16.0 Å². The van der Waals surface area contributed by atoms with Crippen LogP contribution in [0.4, 0.5) is 25.2 Å². The third-order valence-corrected chi connectivity index (χ3v) is 7.06. The van der Waals surface area contributed by atoms with E-state index in [0.29, 0.717) is 31.6 Å². The fourth-order valence-corrected chi connectivity index (χ4v) is 5.40. The predicted molar refractivity (Wildman–Crippen MR) is 124 cm³/mol. The van der Waals surface area contributed by atoms with Gasteiger partial charge in [0.15, 0.2) is 5.69 Å². The number of amides is 1. The maximum atomic E-state index is 14.2. The molecule has 3 heterocycles. The number of fused-ring (bicyclic) bond motifs is 1. The Morgan fingerprint density at radius 3 is 2.67 bits per heavy atom. The van der Waals surface area contributed by atoms with Crippen molar-refractivity contribution in [1.82, 2.24) is 9.97 Å². The Bertz CT molecular complexity index is 1200. The number of hydrogen-bond acceptors (Lipinski definition) is 7. The van der Waals surface area contributed by atoms with Gasteiger partial charge in [-0.2, -0.15) is 0 Å². The number of aryl methyl sites for hydroxylation is 1. The van der Waals surface area contributed by atoms with Gasteiger partial charge in [-0.1, -0.05) is 17.4 Å². The van der Waals surface area contributed by atoms with Gasteiger partial charge in [0.1, 0.15) is 21.6 Å². The predicted octanol–water partition coefficient (Wildman–Crippen LogP) is 3.77. The van der Waals surface area contributed by atoms with Crippen molar-refractivity contribution in [3.63, 3.8) is 0 Å². The molecule has 1 aliphatic carbocycles. The number of carbonyl (C=O) groups excluding carboxylic acids is 1. The molecular weight excluding hydrogens is 448 g/mol. The number of nitrogen functional groups attached to an aromatic ring is 1. The minimum Gasteiger partial charge on any atom is -0.393 e. The van der Waals surface area contributed by atoms with E-state index in [-0.39, 0.29) is 27.4 Å². The summed E-state index contributed by atoms with van der Waals surface area (Å²) < 4.78 is 28.4. The van der Waals surface area contributed by atoms with E-state index in [1.807, 2.05) is 0 Å². The number of hydrogen-bond donors (Lipinski definition) is 3. The molecule has 2 aliphatic rings.